The highest BCUT2D eigenvalue weighted by atomic mass is 16.6. The Kier molecular flexibility index (Phi) is 13.1. The molecule has 0 saturated carbocycles. The molecule has 0 radical (unpaired) electrons. The van der Waals surface area contributed by atoms with E-state index in [0.29, 0.717) is 19.3 Å². The zero-order valence-corrected chi connectivity index (χ0v) is 24.4. The van der Waals surface area contributed by atoms with E-state index in [1.54, 1.807) is 34.6 Å². The van der Waals surface area contributed by atoms with Crippen molar-refractivity contribution in [1.29, 1.82) is 0 Å². The van der Waals surface area contributed by atoms with Crippen molar-refractivity contribution >= 4 is 12.0 Å². The second kappa shape index (κ2) is 15.7. The normalized spacial score (nSPS) is 15.0. The van der Waals surface area contributed by atoms with E-state index in [4.69, 9.17) is 4.74 Å². The number of ether oxygens (including phenoxy) is 1. The van der Waals surface area contributed by atoms with Crippen LogP contribution in [-0.4, -0.2) is 76.9 Å². The van der Waals surface area contributed by atoms with Gasteiger partial charge in [0.25, 0.3) is 0 Å². The standard InChI is InChI=1S/C31H47N3O6/c1-30(2,3)40-29(39)34-25(19-23-14-10-7-11-15-23)27(37)21-32-20-26(36)24(18-22-12-8-6-9-13-22)33-28(38)31(4,5)16-17-35/h6-15,24-27,32,35-37H,16-21H2,1-5H3,(H,33,38)(H,34,39)/t24-,25-,26+,27+/m0/s1. The zero-order chi connectivity index (χ0) is 29.8. The maximum absolute atomic E-state index is 13.0. The number of carbonyl (C=O) groups is 2. The van der Waals surface area contributed by atoms with Gasteiger partial charge in [-0.1, -0.05) is 74.5 Å². The third kappa shape index (κ3) is 12.0. The molecule has 0 aliphatic heterocycles. The van der Waals surface area contributed by atoms with Crippen molar-refractivity contribution in [3.05, 3.63) is 71.8 Å². The van der Waals surface area contributed by atoms with E-state index >= 15 is 0 Å². The number of hydrogen-bond donors (Lipinski definition) is 6. The van der Waals surface area contributed by atoms with Crippen molar-refractivity contribution in [1.82, 2.24) is 16.0 Å². The smallest absolute Gasteiger partial charge is 0.407 e. The lowest BCUT2D eigenvalue weighted by molar-refractivity contribution is -0.131. The van der Waals surface area contributed by atoms with Crippen molar-refractivity contribution in [3.63, 3.8) is 0 Å². The lowest BCUT2D eigenvalue weighted by Gasteiger charge is -2.30. The van der Waals surface area contributed by atoms with E-state index < -0.39 is 41.4 Å². The summed E-state index contributed by atoms with van der Waals surface area (Å²) in [5, 5.41) is 40.3. The molecule has 0 aliphatic carbocycles. The lowest BCUT2D eigenvalue weighted by atomic mass is 9.87. The minimum atomic E-state index is -0.981. The Labute approximate surface area is 238 Å². The van der Waals surface area contributed by atoms with Crippen molar-refractivity contribution in [2.75, 3.05) is 19.7 Å². The van der Waals surface area contributed by atoms with Gasteiger partial charge in [0.05, 0.1) is 24.3 Å². The van der Waals surface area contributed by atoms with Gasteiger partial charge in [-0.05, 0) is 51.2 Å². The molecule has 40 heavy (non-hydrogen) atoms. The Morgan fingerprint density at radius 3 is 1.65 bits per heavy atom. The first-order chi connectivity index (χ1) is 18.8. The Morgan fingerprint density at radius 2 is 1.23 bits per heavy atom. The summed E-state index contributed by atoms with van der Waals surface area (Å²) in [4.78, 5) is 25.4. The minimum absolute atomic E-state index is 0.0896. The first kappa shape index (κ1) is 33.2. The van der Waals surface area contributed by atoms with Crippen LogP contribution in [0.3, 0.4) is 0 Å². The third-order valence-electron chi connectivity index (χ3n) is 6.60. The number of aliphatic hydroxyl groups excluding tert-OH is 3. The van der Waals surface area contributed by atoms with Gasteiger partial charge in [0.1, 0.15) is 5.60 Å². The number of alkyl carbamates (subject to hydrolysis) is 1. The number of rotatable bonds is 15. The van der Waals surface area contributed by atoms with Gasteiger partial charge < -0.3 is 36.0 Å². The number of amides is 2. The summed E-state index contributed by atoms with van der Waals surface area (Å²) < 4.78 is 5.39. The van der Waals surface area contributed by atoms with Crippen molar-refractivity contribution in [2.24, 2.45) is 5.41 Å². The quantitative estimate of drug-likeness (QED) is 0.198. The summed E-state index contributed by atoms with van der Waals surface area (Å²) in [6, 6.07) is 17.8. The molecule has 222 valence electrons. The van der Waals surface area contributed by atoms with Crippen LogP contribution >= 0.6 is 0 Å². The molecule has 0 fully saturated rings. The van der Waals surface area contributed by atoms with Gasteiger partial charge in [-0.15, -0.1) is 0 Å². The minimum Gasteiger partial charge on any atom is -0.444 e. The van der Waals surface area contributed by atoms with E-state index in [0.717, 1.165) is 11.1 Å². The maximum Gasteiger partial charge on any atom is 0.407 e. The molecule has 2 rings (SSSR count). The molecule has 9 heteroatoms. The molecular formula is C31H47N3O6. The fourth-order valence-electron chi connectivity index (χ4n) is 4.18. The molecule has 0 bridgehead atoms. The Bertz CT molecular complexity index is 1030. The van der Waals surface area contributed by atoms with E-state index in [-0.39, 0.29) is 25.6 Å². The molecule has 6 N–H and O–H groups in total. The second-order valence-corrected chi connectivity index (χ2v) is 11.9. The highest BCUT2D eigenvalue weighted by Crippen LogP contribution is 2.21. The molecule has 0 unspecified atom stereocenters. The van der Waals surface area contributed by atoms with E-state index in [2.05, 4.69) is 16.0 Å². The largest absolute Gasteiger partial charge is 0.444 e. The van der Waals surface area contributed by atoms with Gasteiger partial charge in [-0.2, -0.15) is 0 Å². The first-order valence-electron chi connectivity index (χ1n) is 13.9. The van der Waals surface area contributed by atoms with Crippen molar-refractivity contribution in [3.8, 4) is 0 Å². The first-order valence-corrected chi connectivity index (χ1v) is 13.9. The van der Waals surface area contributed by atoms with Gasteiger partial charge >= 0.3 is 6.09 Å². The van der Waals surface area contributed by atoms with E-state index in [1.165, 1.54) is 0 Å². The van der Waals surface area contributed by atoms with Crippen LogP contribution in [0.2, 0.25) is 0 Å². The van der Waals surface area contributed by atoms with Crippen LogP contribution in [0.4, 0.5) is 4.79 Å². The lowest BCUT2D eigenvalue weighted by Crippen LogP contribution is -2.54. The van der Waals surface area contributed by atoms with Crippen LogP contribution in [0.25, 0.3) is 0 Å². The molecule has 2 aromatic rings. The highest BCUT2D eigenvalue weighted by molar-refractivity contribution is 5.82. The van der Waals surface area contributed by atoms with Gasteiger partial charge in [0.15, 0.2) is 0 Å². The Morgan fingerprint density at radius 1 is 0.775 bits per heavy atom. The number of carbonyl (C=O) groups excluding carboxylic acids is 2. The molecule has 9 nitrogen and oxygen atoms in total. The summed E-state index contributed by atoms with van der Waals surface area (Å²) in [5.41, 5.74) is 0.416. The molecule has 0 spiro atoms. The number of aliphatic hydroxyl groups is 3. The van der Waals surface area contributed by atoms with Gasteiger partial charge in [0.2, 0.25) is 5.91 Å². The van der Waals surface area contributed by atoms with Gasteiger partial charge in [-0.25, -0.2) is 4.79 Å². The monoisotopic (exact) mass is 557 g/mol. The van der Waals surface area contributed by atoms with Crippen molar-refractivity contribution < 1.29 is 29.6 Å². The van der Waals surface area contributed by atoms with Crippen LogP contribution in [0, 0.1) is 5.41 Å². The van der Waals surface area contributed by atoms with Crippen LogP contribution in [0.15, 0.2) is 60.7 Å². The SMILES string of the molecule is CC(C)(C)OC(=O)N[C@@H](Cc1ccccc1)[C@H](O)CNC[C@@H](O)[C@H](Cc1ccccc1)NC(=O)C(C)(C)CCO. The maximum atomic E-state index is 13.0. The molecule has 0 saturated heterocycles. The van der Waals surface area contributed by atoms with E-state index in [9.17, 15) is 24.9 Å². The topological polar surface area (TPSA) is 140 Å². The van der Waals surface area contributed by atoms with Crippen LogP contribution in [0.5, 0.6) is 0 Å². The fraction of sp³-hybridized carbons (Fsp3) is 0.548. The predicted molar refractivity (Wildman–Crippen MR) is 156 cm³/mol. The summed E-state index contributed by atoms with van der Waals surface area (Å²) >= 11 is 0. The van der Waals surface area contributed by atoms with Crippen LogP contribution in [0.1, 0.15) is 52.2 Å². The van der Waals surface area contributed by atoms with Gasteiger partial charge in [-0.3, -0.25) is 4.79 Å². The average molecular weight is 558 g/mol. The van der Waals surface area contributed by atoms with Crippen LogP contribution < -0.4 is 16.0 Å². The number of hydrogen-bond acceptors (Lipinski definition) is 7. The summed E-state index contributed by atoms with van der Waals surface area (Å²) in [7, 11) is 0. The number of benzene rings is 2. The average Bonchev–Trinajstić information content (AvgIpc) is 2.87. The Hall–Kier alpha value is -2.98. The van der Waals surface area contributed by atoms with Gasteiger partial charge in [0, 0.05) is 25.1 Å². The third-order valence-corrected chi connectivity index (χ3v) is 6.60. The zero-order valence-electron chi connectivity index (χ0n) is 24.4. The number of nitrogens with one attached hydrogen (secondary N) is 3. The molecular weight excluding hydrogens is 510 g/mol. The summed E-state index contributed by atoms with van der Waals surface area (Å²) in [6.45, 7) is 8.89. The summed E-state index contributed by atoms with van der Waals surface area (Å²) in [5.74, 6) is -0.258. The molecule has 0 aromatic heterocycles. The van der Waals surface area contributed by atoms with Crippen LogP contribution in [-0.2, 0) is 22.4 Å². The fourth-order valence-corrected chi connectivity index (χ4v) is 4.18. The van der Waals surface area contributed by atoms with E-state index in [1.807, 2.05) is 60.7 Å². The van der Waals surface area contributed by atoms with Crippen molar-refractivity contribution in [2.45, 2.75) is 83.8 Å². The molecule has 2 aromatic carbocycles. The highest BCUT2D eigenvalue weighted by Gasteiger charge is 2.31. The summed E-state index contributed by atoms with van der Waals surface area (Å²) in [6.07, 6.45) is -1.48. The molecule has 4 atom stereocenters. The predicted octanol–water partition coefficient (Wildman–Crippen LogP) is 2.57. The molecule has 2 amide bonds. The molecule has 0 aliphatic rings. The molecule has 0 heterocycles. The second-order valence-electron chi connectivity index (χ2n) is 11.9. The Balaban J connectivity index is 2.06.